The van der Waals surface area contributed by atoms with Crippen LogP contribution in [0.4, 0.5) is 11.6 Å². The number of imidazole rings is 1. The number of hydrogen-bond acceptors (Lipinski definition) is 5. The molecule has 0 amide bonds. The van der Waals surface area contributed by atoms with Crippen LogP contribution in [0.5, 0.6) is 0 Å². The third-order valence-electron chi connectivity index (χ3n) is 4.46. The molecular formula is C18H19N5S. The lowest BCUT2D eigenvalue weighted by Gasteiger charge is -2.17. The van der Waals surface area contributed by atoms with Gasteiger partial charge in [-0.2, -0.15) is 0 Å². The van der Waals surface area contributed by atoms with Crippen LogP contribution in [-0.4, -0.2) is 25.8 Å². The second-order valence-corrected chi connectivity index (χ2v) is 6.81. The number of nitrogens with one attached hydrogen (secondary N) is 1. The molecule has 1 N–H and O–H groups in total. The third kappa shape index (κ3) is 2.57. The second kappa shape index (κ2) is 5.94. The van der Waals surface area contributed by atoms with E-state index in [9.17, 15) is 0 Å². The molecule has 0 bridgehead atoms. The van der Waals surface area contributed by atoms with E-state index in [1.807, 2.05) is 32.3 Å². The summed E-state index contributed by atoms with van der Waals surface area (Å²) in [6.07, 6.45) is 5.91. The molecule has 3 aromatic rings. The lowest BCUT2D eigenvalue weighted by Crippen LogP contribution is -2.10. The fraction of sp³-hybridized carbons (Fsp3) is 0.278. The van der Waals surface area contributed by atoms with Crippen molar-refractivity contribution in [2.24, 2.45) is 7.05 Å². The Balaban J connectivity index is 1.70. The normalized spacial score (nSPS) is 12.6. The van der Waals surface area contributed by atoms with Crippen molar-refractivity contribution in [3.05, 3.63) is 47.5 Å². The lowest BCUT2D eigenvalue weighted by molar-refractivity contribution is 0.848. The number of aryl methyl sites for hydroxylation is 3. The summed E-state index contributed by atoms with van der Waals surface area (Å²) in [7, 11) is 2.05. The van der Waals surface area contributed by atoms with Crippen LogP contribution in [0.3, 0.4) is 0 Å². The molecule has 1 aromatic carbocycles. The van der Waals surface area contributed by atoms with Crippen molar-refractivity contribution < 1.29 is 0 Å². The first kappa shape index (κ1) is 15.2. The highest BCUT2D eigenvalue weighted by Crippen LogP contribution is 2.32. The van der Waals surface area contributed by atoms with Gasteiger partial charge in [0, 0.05) is 23.8 Å². The Labute approximate surface area is 145 Å². The Morgan fingerprint density at radius 2 is 1.92 bits per heavy atom. The summed E-state index contributed by atoms with van der Waals surface area (Å²) in [4.78, 5) is 15.2. The molecule has 1 aliphatic carbocycles. The van der Waals surface area contributed by atoms with Crippen LogP contribution in [-0.2, 0) is 19.9 Å². The van der Waals surface area contributed by atoms with Gasteiger partial charge in [0.25, 0.3) is 0 Å². The largest absolute Gasteiger partial charge is 0.330 e. The molecule has 4 rings (SSSR count). The molecule has 24 heavy (non-hydrogen) atoms. The number of fused-ring (bicyclic) bond motifs is 3. The maximum absolute atomic E-state index is 4.78. The monoisotopic (exact) mass is 337 g/mol. The average molecular weight is 337 g/mol. The molecule has 0 spiro atoms. The molecule has 0 saturated carbocycles. The van der Waals surface area contributed by atoms with E-state index in [0.29, 0.717) is 5.95 Å². The van der Waals surface area contributed by atoms with Crippen LogP contribution in [0.2, 0.25) is 0 Å². The van der Waals surface area contributed by atoms with Crippen molar-refractivity contribution in [3.63, 3.8) is 0 Å². The van der Waals surface area contributed by atoms with Gasteiger partial charge in [0.15, 0.2) is 0 Å². The standard InChI is InChI=1S/C18H19N5S/c1-11-20-15-9-4-12-10-19-18(22-16(12)17(15)23(11)2)21-13-5-7-14(24-3)8-6-13/h5-8,10H,4,9H2,1-3H3,(H,19,21,22). The summed E-state index contributed by atoms with van der Waals surface area (Å²) >= 11 is 1.73. The zero-order valence-electron chi connectivity index (χ0n) is 14.0. The summed E-state index contributed by atoms with van der Waals surface area (Å²) in [6, 6.07) is 8.28. The molecule has 2 aromatic heterocycles. The summed E-state index contributed by atoms with van der Waals surface area (Å²) in [5, 5.41) is 3.30. The molecule has 0 fully saturated rings. The molecule has 6 heteroatoms. The van der Waals surface area contributed by atoms with E-state index in [1.165, 1.54) is 10.5 Å². The number of anilines is 2. The van der Waals surface area contributed by atoms with Crippen molar-refractivity contribution in [2.45, 2.75) is 24.7 Å². The van der Waals surface area contributed by atoms with Crippen molar-refractivity contribution in [2.75, 3.05) is 11.6 Å². The van der Waals surface area contributed by atoms with E-state index in [1.54, 1.807) is 11.8 Å². The van der Waals surface area contributed by atoms with Crippen LogP contribution < -0.4 is 5.32 Å². The zero-order valence-corrected chi connectivity index (χ0v) is 14.8. The van der Waals surface area contributed by atoms with Crippen molar-refractivity contribution in [1.29, 1.82) is 0 Å². The number of hydrogen-bond donors (Lipinski definition) is 1. The van der Waals surface area contributed by atoms with E-state index in [0.717, 1.165) is 41.4 Å². The Bertz CT molecular complexity index is 899. The molecule has 5 nitrogen and oxygen atoms in total. The summed E-state index contributed by atoms with van der Waals surface area (Å²) in [5.74, 6) is 1.64. The van der Waals surface area contributed by atoms with Gasteiger partial charge in [0.05, 0.1) is 17.1 Å². The van der Waals surface area contributed by atoms with Crippen molar-refractivity contribution in [1.82, 2.24) is 19.5 Å². The topological polar surface area (TPSA) is 55.6 Å². The van der Waals surface area contributed by atoms with Crippen LogP contribution >= 0.6 is 11.8 Å². The minimum atomic E-state index is 0.623. The molecule has 0 atom stereocenters. The van der Waals surface area contributed by atoms with E-state index in [2.05, 4.69) is 38.2 Å². The van der Waals surface area contributed by atoms with Gasteiger partial charge in [-0.05, 0) is 55.9 Å². The maximum Gasteiger partial charge on any atom is 0.227 e. The van der Waals surface area contributed by atoms with Gasteiger partial charge in [0.2, 0.25) is 5.95 Å². The van der Waals surface area contributed by atoms with E-state index < -0.39 is 0 Å². The van der Waals surface area contributed by atoms with Crippen molar-refractivity contribution >= 4 is 23.4 Å². The Hall–Kier alpha value is -2.34. The molecule has 0 unspecified atom stereocenters. The Morgan fingerprint density at radius 1 is 1.12 bits per heavy atom. The Morgan fingerprint density at radius 3 is 2.67 bits per heavy atom. The van der Waals surface area contributed by atoms with Gasteiger partial charge in [-0.3, -0.25) is 0 Å². The molecule has 122 valence electrons. The summed E-state index contributed by atoms with van der Waals surface area (Å²) < 4.78 is 2.12. The number of thioether (sulfide) groups is 1. The molecule has 0 radical (unpaired) electrons. The number of benzene rings is 1. The first-order valence-corrected chi connectivity index (χ1v) is 9.17. The second-order valence-electron chi connectivity index (χ2n) is 5.93. The fourth-order valence-corrected chi connectivity index (χ4v) is 3.47. The van der Waals surface area contributed by atoms with E-state index in [4.69, 9.17) is 4.98 Å². The van der Waals surface area contributed by atoms with Crippen molar-refractivity contribution in [3.8, 4) is 11.4 Å². The van der Waals surface area contributed by atoms with Crippen LogP contribution in [0, 0.1) is 6.92 Å². The molecule has 2 heterocycles. The van der Waals surface area contributed by atoms with E-state index in [-0.39, 0.29) is 0 Å². The van der Waals surface area contributed by atoms with Crippen LogP contribution in [0.25, 0.3) is 11.4 Å². The first-order chi connectivity index (χ1) is 11.7. The quantitative estimate of drug-likeness (QED) is 0.738. The number of nitrogens with zero attached hydrogens (tertiary/aromatic N) is 4. The SMILES string of the molecule is CSc1ccc(Nc2ncc3c(n2)-c2c(nc(C)n2C)CC3)cc1. The van der Waals surface area contributed by atoms with E-state index >= 15 is 0 Å². The highest BCUT2D eigenvalue weighted by atomic mass is 32.2. The minimum absolute atomic E-state index is 0.623. The minimum Gasteiger partial charge on any atom is -0.330 e. The maximum atomic E-state index is 4.78. The Kier molecular flexibility index (Phi) is 3.76. The van der Waals surface area contributed by atoms with Crippen LogP contribution in [0.15, 0.2) is 35.4 Å². The summed E-state index contributed by atoms with van der Waals surface area (Å²) in [6.45, 7) is 2.03. The lowest BCUT2D eigenvalue weighted by atomic mass is 9.98. The van der Waals surface area contributed by atoms with Crippen LogP contribution in [0.1, 0.15) is 17.1 Å². The van der Waals surface area contributed by atoms with Gasteiger partial charge in [-0.25, -0.2) is 15.0 Å². The molecule has 0 saturated heterocycles. The van der Waals surface area contributed by atoms with Gasteiger partial charge >= 0.3 is 0 Å². The van der Waals surface area contributed by atoms with Gasteiger partial charge in [0.1, 0.15) is 5.82 Å². The predicted octanol–water partition coefficient (Wildman–Crippen LogP) is 3.75. The van der Waals surface area contributed by atoms with Gasteiger partial charge in [-0.1, -0.05) is 0 Å². The first-order valence-electron chi connectivity index (χ1n) is 7.95. The summed E-state index contributed by atoms with van der Waals surface area (Å²) in [5.41, 5.74) is 5.43. The highest BCUT2D eigenvalue weighted by molar-refractivity contribution is 7.98. The third-order valence-corrected chi connectivity index (χ3v) is 5.20. The van der Waals surface area contributed by atoms with Gasteiger partial charge < -0.3 is 9.88 Å². The predicted molar refractivity (Wildman–Crippen MR) is 97.9 cm³/mol. The number of aromatic nitrogens is 4. The molecule has 0 aliphatic heterocycles. The highest BCUT2D eigenvalue weighted by Gasteiger charge is 2.24. The number of rotatable bonds is 3. The fourth-order valence-electron chi connectivity index (χ4n) is 3.06. The zero-order chi connectivity index (χ0) is 16.7. The average Bonchev–Trinajstić information content (AvgIpc) is 2.90. The molecule has 1 aliphatic rings. The molecular weight excluding hydrogens is 318 g/mol. The smallest absolute Gasteiger partial charge is 0.227 e. The van der Waals surface area contributed by atoms with Gasteiger partial charge in [-0.15, -0.1) is 11.8 Å².